The summed E-state index contributed by atoms with van der Waals surface area (Å²) in [7, 11) is 0. The number of benzene rings is 2. The quantitative estimate of drug-likeness (QED) is 0.339. The maximum absolute atomic E-state index is 13.1. The van der Waals surface area contributed by atoms with Crippen LogP contribution in [0.15, 0.2) is 66.9 Å². The van der Waals surface area contributed by atoms with Gasteiger partial charge in [-0.2, -0.15) is 0 Å². The van der Waals surface area contributed by atoms with Crippen LogP contribution in [-0.4, -0.2) is 26.4 Å². The molecule has 0 saturated carbocycles. The molecule has 4 aromatic rings. The summed E-state index contributed by atoms with van der Waals surface area (Å²) in [4.78, 5) is 29.7. The Morgan fingerprint density at radius 3 is 2.50 bits per heavy atom. The van der Waals surface area contributed by atoms with Crippen molar-refractivity contribution < 1.29 is 19.4 Å². The molecule has 174 valence electrons. The van der Waals surface area contributed by atoms with Crippen LogP contribution in [0.4, 0.5) is 0 Å². The van der Waals surface area contributed by atoms with Crippen LogP contribution in [0, 0.1) is 6.92 Å². The Morgan fingerprint density at radius 2 is 1.82 bits per heavy atom. The lowest BCUT2D eigenvalue weighted by Crippen LogP contribution is -2.17. The van der Waals surface area contributed by atoms with E-state index in [2.05, 4.69) is 11.9 Å². The molecule has 0 amide bonds. The number of carboxylic acids is 1. The van der Waals surface area contributed by atoms with E-state index in [0.29, 0.717) is 17.5 Å². The number of fused-ring (bicyclic) bond motifs is 1. The van der Waals surface area contributed by atoms with Crippen molar-refractivity contribution in [2.75, 3.05) is 0 Å². The number of esters is 1. The largest absolute Gasteiger partial charge is 0.478 e. The molecule has 1 unspecified atom stereocenters. The van der Waals surface area contributed by atoms with Gasteiger partial charge in [-0.15, -0.1) is 0 Å². The van der Waals surface area contributed by atoms with Crippen molar-refractivity contribution in [2.24, 2.45) is 0 Å². The number of hydrogen-bond donors (Lipinski definition) is 1. The molecule has 0 spiro atoms. The Labute approximate surface area is 198 Å². The van der Waals surface area contributed by atoms with Crippen molar-refractivity contribution in [2.45, 2.75) is 46.1 Å². The molecule has 0 radical (unpaired) electrons. The molecule has 1 N–H and O–H groups in total. The minimum Gasteiger partial charge on any atom is -0.478 e. The maximum Gasteiger partial charge on any atom is 0.336 e. The second-order valence-electron chi connectivity index (χ2n) is 8.33. The molecule has 0 fully saturated rings. The molecular formula is C28H28N2O4. The van der Waals surface area contributed by atoms with Gasteiger partial charge in [-0.1, -0.05) is 62.4 Å². The van der Waals surface area contributed by atoms with Crippen LogP contribution in [-0.2, 0) is 22.6 Å². The Balaban J connectivity index is 1.58. The van der Waals surface area contributed by atoms with Crippen molar-refractivity contribution in [1.29, 1.82) is 0 Å². The van der Waals surface area contributed by atoms with Gasteiger partial charge in [-0.05, 0) is 54.2 Å². The average molecular weight is 457 g/mol. The van der Waals surface area contributed by atoms with Gasteiger partial charge in [0.1, 0.15) is 12.3 Å². The molecule has 2 heterocycles. The summed E-state index contributed by atoms with van der Waals surface area (Å²) in [6.45, 7) is 6.06. The zero-order valence-electron chi connectivity index (χ0n) is 19.6. The van der Waals surface area contributed by atoms with Crippen molar-refractivity contribution in [3.63, 3.8) is 0 Å². The van der Waals surface area contributed by atoms with Gasteiger partial charge in [0.05, 0.1) is 22.9 Å². The fourth-order valence-corrected chi connectivity index (χ4v) is 4.20. The summed E-state index contributed by atoms with van der Waals surface area (Å²) in [6, 6.07) is 18.5. The number of imidazole rings is 1. The summed E-state index contributed by atoms with van der Waals surface area (Å²) < 4.78 is 7.68. The Morgan fingerprint density at radius 1 is 1.06 bits per heavy atom. The van der Waals surface area contributed by atoms with Crippen LogP contribution >= 0.6 is 0 Å². The van der Waals surface area contributed by atoms with Crippen LogP contribution in [0.25, 0.3) is 16.8 Å². The lowest BCUT2D eigenvalue weighted by Gasteiger charge is -2.17. The number of aryl methyl sites for hydroxylation is 2. The molecule has 6 nitrogen and oxygen atoms in total. The minimum absolute atomic E-state index is 0.111. The second-order valence-corrected chi connectivity index (χ2v) is 8.33. The van der Waals surface area contributed by atoms with Crippen LogP contribution in [0.2, 0.25) is 0 Å². The van der Waals surface area contributed by atoms with E-state index in [1.807, 2.05) is 73.0 Å². The predicted molar refractivity (Wildman–Crippen MR) is 131 cm³/mol. The van der Waals surface area contributed by atoms with Crippen molar-refractivity contribution >= 4 is 17.6 Å². The highest BCUT2D eigenvalue weighted by atomic mass is 16.5. The number of aromatic nitrogens is 2. The number of carboxylic acid groups (broad SMARTS) is 1. The SMILES string of the molecule is CCc1cn2c(COC(=O)C(CC)c3ccc(-c4ccccc4)c(C(=O)O)c3)ccc(C)c2n1. The molecule has 4 rings (SSSR count). The van der Waals surface area contributed by atoms with Gasteiger partial charge in [0.25, 0.3) is 0 Å². The van der Waals surface area contributed by atoms with Gasteiger partial charge in [-0.25, -0.2) is 9.78 Å². The molecular weight excluding hydrogens is 428 g/mol. The molecule has 6 heteroatoms. The number of aromatic carboxylic acids is 1. The van der Waals surface area contributed by atoms with E-state index in [1.165, 1.54) is 0 Å². The Bertz CT molecular complexity index is 1340. The third-order valence-electron chi connectivity index (χ3n) is 6.12. The van der Waals surface area contributed by atoms with E-state index >= 15 is 0 Å². The molecule has 1 atom stereocenters. The fourth-order valence-electron chi connectivity index (χ4n) is 4.20. The summed E-state index contributed by atoms with van der Waals surface area (Å²) in [5.74, 6) is -1.97. The normalized spacial score (nSPS) is 12.0. The highest BCUT2D eigenvalue weighted by Gasteiger charge is 2.23. The van der Waals surface area contributed by atoms with Gasteiger partial charge in [0.15, 0.2) is 0 Å². The first-order valence-electron chi connectivity index (χ1n) is 11.5. The Kier molecular flexibility index (Phi) is 6.77. The molecule has 34 heavy (non-hydrogen) atoms. The summed E-state index contributed by atoms with van der Waals surface area (Å²) in [6.07, 6.45) is 3.30. The van der Waals surface area contributed by atoms with Gasteiger partial charge in [0.2, 0.25) is 0 Å². The maximum atomic E-state index is 13.1. The smallest absolute Gasteiger partial charge is 0.336 e. The molecule has 0 saturated heterocycles. The van der Waals surface area contributed by atoms with Crippen molar-refractivity contribution in [3.05, 3.63) is 94.9 Å². The van der Waals surface area contributed by atoms with Crippen LogP contribution < -0.4 is 0 Å². The fraction of sp³-hybridized carbons (Fsp3) is 0.250. The lowest BCUT2D eigenvalue weighted by molar-refractivity contribution is -0.147. The summed E-state index contributed by atoms with van der Waals surface area (Å²) in [5, 5.41) is 9.82. The summed E-state index contributed by atoms with van der Waals surface area (Å²) >= 11 is 0. The summed E-state index contributed by atoms with van der Waals surface area (Å²) in [5.41, 5.74) is 5.97. The highest BCUT2D eigenvalue weighted by Crippen LogP contribution is 2.30. The van der Waals surface area contributed by atoms with Gasteiger partial charge < -0.3 is 14.2 Å². The van der Waals surface area contributed by atoms with Crippen LogP contribution in [0.5, 0.6) is 0 Å². The number of rotatable bonds is 8. The van der Waals surface area contributed by atoms with E-state index in [9.17, 15) is 14.7 Å². The number of hydrogen-bond acceptors (Lipinski definition) is 4. The molecule has 0 bridgehead atoms. The number of ether oxygens (including phenoxy) is 1. The highest BCUT2D eigenvalue weighted by molar-refractivity contribution is 5.96. The number of carbonyl (C=O) groups excluding carboxylic acids is 1. The van der Waals surface area contributed by atoms with Gasteiger partial charge in [0, 0.05) is 6.20 Å². The number of pyridine rings is 1. The topological polar surface area (TPSA) is 80.9 Å². The molecule has 2 aromatic heterocycles. The van der Waals surface area contributed by atoms with E-state index in [4.69, 9.17) is 4.74 Å². The standard InChI is InChI=1S/C28H28N2O4/c1-4-21-16-30-22(13-11-18(3)26(30)29-21)17-34-28(33)23(5-2)20-12-14-24(25(15-20)27(31)32)19-9-7-6-8-10-19/h6-16,23H,4-5,17H2,1-3H3,(H,31,32). The van der Waals surface area contributed by atoms with Crippen LogP contribution in [0.3, 0.4) is 0 Å². The van der Waals surface area contributed by atoms with Crippen molar-refractivity contribution in [3.8, 4) is 11.1 Å². The third-order valence-corrected chi connectivity index (χ3v) is 6.12. The van der Waals surface area contributed by atoms with E-state index in [-0.39, 0.29) is 18.1 Å². The first kappa shape index (κ1) is 23.2. The molecule has 0 aliphatic carbocycles. The molecule has 0 aliphatic heterocycles. The first-order chi connectivity index (χ1) is 16.4. The minimum atomic E-state index is -1.03. The number of nitrogens with zero attached hydrogens (tertiary/aromatic N) is 2. The Hall–Kier alpha value is -3.93. The zero-order valence-corrected chi connectivity index (χ0v) is 19.6. The first-order valence-corrected chi connectivity index (χ1v) is 11.5. The van der Waals surface area contributed by atoms with Gasteiger partial charge >= 0.3 is 11.9 Å². The monoisotopic (exact) mass is 456 g/mol. The zero-order chi connectivity index (χ0) is 24.2. The van der Waals surface area contributed by atoms with Crippen molar-refractivity contribution in [1.82, 2.24) is 9.38 Å². The molecule has 2 aromatic carbocycles. The lowest BCUT2D eigenvalue weighted by atomic mass is 9.91. The van der Waals surface area contributed by atoms with Crippen LogP contribution in [0.1, 0.15) is 59.1 Å². The second kappa shape index (κ2) is 9.91. The molecule has 0 aliphatic rings. The average Bonchev–Trinajstić information content (AvgIpc) is 3.30. The van der Waals surface area contributed by atoms with E-state index in [1.54, 1.807) is 12.1 Å². The third kappa shape index (κ3) is 4.57. The predicted octanol–water partition coefficient (Wildman–Crippen LogP) is 5.81. The van der Waals surface area contributed by atoms with Gasteiger partial charge in [-0.3, -0.25) is 4.79 Å². The van der Waals surface area contributed by atoms with E-state index < -0.39 is 11.9 Å². The van der Waals surface area contributed by atoms with E-state index in [0.717, 1.165) is 34.6 Å². The number of carbonyl (C=O) groups is 2.